The number of hydrogen-bond acceptors (Lipinski definition) is 2. The molecule has 0 saturated carbocycles. The van der Waals surface area contributed by atoms with Gasteiger partial charge in [0.1, 0.15) is 0 Å². The van der Waals surface area contributed by atoms with Crippen molar-refractivity contribution in [2.75, 3.05) is 19.6 Å². The van der Waals surface area contributed by atoms with Gasteiger partial charge in [0.15, 0.2) is 0 Å². The van der Waals surface area contributed by atoms with Gasteiger partial charge in [-0.1, -0.05) is 60.7 Å². The van der Waals surface area contributed by atoms with Crippen LogP contribution in [0, 0.1) is 0 Å². The van der Waals surface area contributed by atoms with E-state index in [4.69, 9.17) is 0 Å². The number of hydrogen-bond donors (Lipinski definition) is 2. The van der Waals surface area contributed by atoms with Crippen LogP contribution in [0.25, 0.3) is 0 Å². The zero-order chi connectivity index (χ0) is 19.1. The van der Waals surface area contributed by atoms with Crippen molar-refractivity contribution >= 4 is 11.9 Å². The second-order valence-corrected chi connectivity index (χ2v) is 6.77. The van der Waals surface area contributed by atoms with E-state index in [0.29, 0.717) is 13.0 Å². The number of amides is 3. The first-order chi connectivity index (χ1) is 13.1. The summed E-state index contributed by atoms with van der Waals surface area (Å²) in [4.78, 5) is 25.9. The van der Waals surface area contributed by atoms with E-state index >= 15 is 0 Å². The maximum absolute atomic E-state index is 15.0. The first kappa shape index (κ1) is 18.9. The molecular formula is C21H24FN3O2. The van der Waals surface area contributed by atoms with Gasteiger partial charge in [-0.05, 0) is 17.5 Å². The second-order valence-electron chi connectivity index (χ2n) is 6.77. The third-order valence-electron chi connectivity index (χ3n) is 4.74. The van der Waals surface area contributed by atoms with Crippen molar-refractivity contribution in [2.24, 2.45) is 0 Å². The third-order valence-corrected chi connectivity index (χ3v) is 4.74. The normalized spacial score (nSPS) is 18.9. The summed E-state index contributed by atoms with van der Waals surface area (Å²) in [5.41, 5.74) is -0.00625. The van der Waals surface area contributed by atoms with Crippen LogP contribution in [0.2, 0.25) is 0 Å². The summed E-state index contributed by atoms with van der Waals surface area (Å²) < 4.78 is 15.0. The highest BCUT2D eigenvalue weighted by molar-refractivity contribution is 5.87. The lowest BCUT2D eigenvalue weighted by molar-refractivity contribution is -0.132. The third kappa shape index (κ3) is 5.06. The molecular weight excluding hydrogens is 345 g/mol. The fourth-order valence-corrected chi connectivity index (χ4v) is 3.14. The molecule has 0 radical (unpaired) electrons. The standard InChI is InChI=1S/C21H24FN3O2/c22-21(19(26)24-15-18-9-5-2-6-10-18)12-14-25(16-21)20(27)23-13-11-17-7-3-1-4-8-17/h1-10H,11-16H2,(H,23,27)(H,24,26)/t21-/m0/s1. The Kier molecular flexibility index (Phi) is 6.06. The van der Waals surface area contributed by atoms with Gasteiger partial charge in [0.25, 0.3) is 5.91 Å². The van der Waals surface area contributed by atoms with Gasteiger partial charge in [-0.2, -0.15) is 0 Å². The number of benzene rings is 2. The van der Waals surface area contributed by atoms with Crippen LogP contribution in [-0.4, -0.2) is 42.1 Å². The highest BCUT2D eigenvalue weighted by atomic mass is 19.1. The van der Waals surface area contributed by atoms with Gasteiger partial charge in [0, 0.05) is 26.1 Å². The van der Waals surface area contributed by atoms with Gasteiger partial charge in [-0.25, -0.2) is 9.18 Å². The molecule has 2 aromatic carbocycles. The van der Waals surface area contributed by atoms with Crippen molar-refractivity contribution < 1.29 is 14.0 Å². The molecule has 5 nitrogen and oxygen atoms in total. The molecule has 27 heavy (non-hydrogen) atoms. The Labute approximate surface area is 158 Å². The molecule has 0 aliphatic carbocycles. The Balaban J connectivity index is 1.44. The smallest absolute Gasteiger partial charge is 0.317 e. The highest BCUT2D eigenvalue weighted by Crippen LogP contribution is 2.26. The quantitative estimate of drug-likeness (QED) is 0.822. The Morgan fingerprint density at radius 2 is 1.59 bits per heavy atom. The molecule has 1 aliphatic rings. The van der Waals surface area contributed by atoms with E-state index in [1.165, 1.54) is 4.90 Å². The van der Waals surface area contributed by atoms with Crippen LogP contribution in [0.1, 0.15) is 17.5 Å². The topological polar surface area (TPSA) is 61.4 Å². The monoisotopic (exact) mass is 369 g/mol. The van der Waals surface area contributed by atoms with Gasteiger partial charge in [0.2, 0.25) is 5.67 Å². The van der Waals surface area contributed by atoms with Crippen LogP contribution in [0.5, 0.6) is 0 Å². The summed E-state index contributed by atoms with van der Waals surface area (Å²) in [7, 11) is 0. The van der Waals surface area contributed by atoms with E-state index in [-0.39, 0.29) is 32.1 Å². The van der Waals surface area contributed by atoms with E-state index in [1.54, 1.807) is 0 Å². The lowest BCUT2D eigenvalue weighted by atomic mass is 10.0. The maximum Gasteiger partial charge on any atom is 0.317 e. The van der Waals surface area contributed by atoms with Gasteiger partial charge < -0.3 is 15.5 Å². The van der Waals surface area contributed by atoms with Crippen LogP contribution < -0.4 is 10.6 Å². The molecule has 1 heterocycles. The van der Waals surface area contributed by atoms with Gasteiger partial charge in [0.05, 0.1) is 6.54 Å². The molecule has 3 amide bonds. The van der Waals surface area contributed by atoms with E-state index in [9.17, 15) is 14.0 Å². The minimum atomic E-state index is -2.04. The largest absolute Gasteiger partial charge is 0.349 e. The number of rotatable bonds is 6. The predicted octanol–water partition coefficient (Wildman–Crippen LogP) is 2.67. The molecule has 142 valence electrons. The summed E-state index contributed by atoms with van der Waals surface area (Å²) in [5, 5.41) is 5.43. The van der Waals surface area contributed by atoms with Gasteiger partial charge in [-0.15, -0.1) is 0 Å². The van der Waals surface area contributed by atoms with Crippen molar-refractivity contribution in [2.45, 2.75) is 25.1 Å². The molecule has 1 fully saturated rings. The molecule has 0 aromatic heterocycles. The molecule has 1 saturated heterocycles. The van der Waals surface area contributed by atoms with Crippen LogP contribution in [0.4, 0.5) is 9.18 Å². The molecule has 2 N–H and O–H groups in total. The summed E-state index contributed by atoms with van der Waals surface area (Å²) in [6.07, 6.45) is 0.721. The predicted molar refractivity (Wildman–Crippen MR) is 102 cm³/mol. The first-order valence-electron chi connectivity index (χ1n) is 9.15. The number of halogens is 1. The van der Waals surface area contributed by atoms with E-state index in [2.05, 4.69) is 10.6 Å². The van der Waals surface area contributed by atoms with E-state index in [1.807, 2.05) is 60.7 Å². The Bertz CT molecular complexity index is 770. The van der Waals surface area contributed by atoms with Gasteiger partial charge in [-0.3, -0.25) is 4.79 Å². The van der Waals surface area contributed by atoms with Crippen molar-refractivity contribution in [3.63, 3.8) is 0 Å². The molecule has 6 heteroatoms. The average Bonchev–Trinajstić information content (AvgIpc) is 3.11. The average molecular weight is 369 g/mol. The fraction of sp³-hybridized carbons (Fsp3) is 0.333. The molecule has 2 aromatic rings. The van der Waals surface area contributed by atoms with Crippen molar-refractivity contribution in [1.29, 1.82) is 0 Å². The number of alkyl halides is 1. The molecule has 0 bridgehead atoms. The SMILES string of the molecule is O=C(NCCc1ccccc1)N1CC[C@@](F)(C(=O)NCc2ccccc2)C1. The van der Waals surface area contributed by atoms with E-state index < -0.39 is 11.6 Å². The van der Waals surface area contributed by atoms with Crippen LogP contribution in [0.3, 0.4) is 0 Å². The second kappa shape index (κ2) is 8.66. The Hall–Kier alpha value is -2.89. The summed E-state index contributed by atoms with van der Waals surface area (Å²) in [5.74, 6) is -0.661. The van der Waals surface area contributed by atoms with Crippen molar-refractivity contribution in [3.05, 3.63) is 71.8 Å². The van der Waals surface area contributed by atoms with Crippen LogP contribution in [-0.2, 0) is 17.8 Å². The minimum absolute atomic E-state index is 0.0136. The molecule has 0 spiro atoms. The molecule has 3 rings (SSSR count). The molecule has 1 atom stereocenters. The zero-order valence-corrected chi connectivity index (χ0v) is 15.2. The first-order valence-corrected chi connectivity index (χ1v) is 9.15. The molecule has 0 unspecified atom stereocenters. The van der Waals surface area contributed by atoms with E-state index in [0.717, 1.165) is 11.1 Å². The fourth-order valence-electron chi connectivity index (χ4n) is 3.14. The van der Waals surface area contributed by atoms with Gasteiger partial charge >= 0.3 is 6.03 Å². The number of carbonyl (C=O) groups excluding carboxylic acids is 2. The number of urea groups is 1. The summed E-state index contributed by atoms with van der Waals surface area (Å²) >= 11 is 0. The van der Waals surface area contributed by atoms with Crippen LogP contribution in [0.15, 0.2) is 60.7 Å². The highest BCUT2D eigenvalue weighted by Gasteiger charge is 2.46. The number of carbonyl (C=O) groups is 2. The maximum atomic E-state index is 15.0. The van der Waals surface area contributed by atoms with Crippen LogP contribution >= 0.6 is 0 Å². The Morgan fingerprint density at radius 3 is 2.26 bits per heavy atom. The number of nitrogens with zero attached hydrogens (tertiary/aromatic N) is 1. The summed E-state index contributed by atoms with van der Waals surface area (Å²) in [6.45, 7) is 0.755. The minimum Gasteiger partial charge on any atom is -0.349 e. The van der Waals surface area contributed by atoms with Crippen molar-refractivity contribution in [1.82, 2.24) is 15.5 Å². The number of likely N-dealkylation sites (tertiary alicyclic amines) is 1. The summed E-state index contributed by atoms with van der Waals surface area (Å²) in [6, 6.07) is 18.8. The Morgan fingerprint density at radius 1 is 0.963 bits per heavy atom. The van der Waals surface area contributed by atoms with Crippen molar-refractivity contribution in [3.8, 4) is 0 Å². The zero-order valence-electron chi connectivity index (χ0n) is 15.2. The lowest BCUT2D eigenvalue weighted by Gasteiger charge is -2.21. The lowest BCUT2D eigenvalue weighted by Crippen LogP contribution is -2.47. The number of nitrogens with one attached hydrogen (secondary N) is 2. The molecule has 1 aliphatic heterocycles.